The topological polar surface area (TPSA) is 60.7 Å². The molecule has 0 amide bonds. The van der Waals surface area contributed by atoms with E-state index < -0.39 is 6.72 Å². The fraction of sp³-hybridized carbons (Fsp3) is 0. The quantitative estimate of drug-likeness (QED) is 0.345. The van der Waals surface area contributed by atoms with Crippen LogP contribution in [0.4, 0.5) is 0 Å². The standard InChI is InChI=1S/2Mg.H3O3PS.2S/c;;1-4(2,3)5;;/h;;(H3,1,2,3,5);;/q2*+2;;2*+2. The van der Waals surface area contributed by atoms with Crippen molar-refractivity contribution in [1.82, 2.24) is 0 Å². The van der Waals surface area contributed by atoms with Crippen LogP contribution >= 0.6 is 6.72 Å². The van der Waals surface area contributed by atoms with Gasteiger partial charge in [-0.15, -0.1) is 0 Å². The minimum atomic E-state index is -3.81. The average Bonchev–Trinajstić information content (AvgIpc) is 0.722. The Morgan fingerprint density at radius 1 is 0.889 bits per heavy atom. The first-order valence-electron chi connectivity index (χ1n) is 0.783. The molecule has 0 aliphatic carbocycles. The summed E-state index contributed by atoms with van der Waals surface area (Å²) in [6, 6.07) is 0. The zero-order valence-electron chi connectivity index (χ0n) is 4.43. The van der Waals surface area contributed by atoms with E-state index in [0.717, 1.165) is 0 Å². The fourth-order valence-corrected chi connectivity index (χ4v) is 0. The zero-order chi connectivity index (χ0) is 4.50. The van der Waals surface area contributed by atoms with Crippen LogP contribution in [0.25, 0.3) is 0 Å². The summed E-state index contributed by atoms with van der Waals surface area (Å²) in [6.45, 7) is -3.81. The van der Waals surface area contributed by atoms with Gasteiger partial charge >= 0.3 is 79.8 Å². The van der Waals surface area contributed by atoms with Crippen molar-refractivity contribution in [2.24, 2.45) is 0 Å². The average molecular weight is 227 g/mol. The molecule has 9 heavy (non-hydrogen) atoms. The van der Waals surface area contributed by atoms with Gasteiger partial charge in [0.15, 0.2) is 0 Å². The smallest absolute Gasteiger partial charge is 0.325 e. The summed E-state index contributed by atoms with van der Waals surface area (Å²) >= 11 is 3.60. The molecular formula is H3Mg2O3PS3+8. The molecule has 0 aliphatic rings. The fourth-order valence-electron chi connectivity index (χ4n) is 0. The summed E-state index contributed by atoms with van der Waals surface area (Å²) in [5.74, 6) is 0. The largest absolute Gasteiger partial charge is 2.00 e. The molecule has 0 rings (SSSR count). The third kappa shape index (κ3) is 108. The second-order valence-corrected chi connectivity index (χ2v) is 3.01. The normalized spacial score (nSPS) is 6.56. The molecule has 0 bridgehead atoms. The predicted octanol–water partition coefficient (Wildman–Crippen LogP) is -1.58. The van der Waals surface area contributed by atoms with Gasteiger partial charge in [-0.2, -0.15) is 0 Å². The van der Waals surface area contributed by atoms with Gasteiger partial charge < -0.3 is 14.7 Å². The van der Waals surface area contributed by atoms with Crippen LogP contribution in [0.1, 0.15) is 0 Å². The van der Waals surface area contributed by atoms with Gasteiger partial charge in [0.05, 0.1) is 0 Å². The molecule has 3 N–H and O–H groups in total. The van der Waals surface area contributed by atoms with E-state index in [1.54, 1.807) is 0 Å². The van der Waals surface area contributed by atoms with Gasteiger partial charge in [0.1, 0.15) is 0 Å². The van der Waals surface area contributed by atoms with E-state index in [1.165, 1.54) is 0 Å². The van der Waals surface area contributed by atoms with Crippen LogP contribution in [-0.2, 0) is 38.8 Å². The van der Waals surface area contributed by atoms with E-state index in [2.05, 4.69) is 11.8 Å². The maximum atomic E-state index is 7.56. The van der Waals surface area contributed by atoms with Gasteiger partial charge in [0.2, 0.25) is 0 Å². The molecule has 0 heterocycles. The molecule has 0 aromatic carbocycles. The molecule has 9 heteroatoms. The number of hydrogen-bond acceptors (Lipinski definition) is 1. The van der Waals surface area contributed by atoms with Gasteiger partial charge in [0, 0.05) is 0 Å². The Bertz CT molecular complexity index is 63.2. The Labute approximate surface area is 105 Å². The van der Waals surface area contributed by atoms with Crippen molar-refractivity contribution in [2.75, 3.05) is 0 Å². The Morgan fingerprint density at radius 2 is 0.889 bits per heavy atom. The summed E-state index contributed by atoms with van der Waals surface area (Å²) in [4.78, 5) is 22.7. The Hall–Kier alpha value is 2.76. The second-order valence-electron chi connectivity index (χ2n) is 0.513. The van der Waals surface area contributed by atoms with E-state index >= 15 is 0 Å². The van der Waals surface area contributed by atoms with E-state index in [-0.39, 0.29) is 73.1 Å². The van der Waals surface area contributed by atoms with Gasteiger partial charge in [-0.3, -0.25) is 0 Å². The van der Waals surface area contributed by atoms with Gasteiger partial charge in [0.25, 0.3) is 0 Å². The number of hydrogen-bond donors (Lipinski definition) is 3. The van der Waals surface area contributed by atoms with Crippen molar-refractivity contribution in [3.63, 3.8) is 0 Å². The van der Waals surface area contributed by atoms with Crippen molar-refractivity contribution in [3.05, 3.63) is 0 Å². The molecule has 0 unspecified atom stereocenters. The summed E-state index contributed by atoms with van der Waals surface area (Å²) in [7, 11) is 0. The monoisotopic (exact) mass is 226 g/mol. The minimum absolute atomic E-state index is 0. The molecule has 40 valence electrons. The third-order valence-electron chi connectivity index (χ3n) is 0. The molecule has 0 saturated heterocycles. The Balaban J connectivity index is -0.0000000133. The molecule has 0 aliphatic heterocycles. The maximum Gasteiger partial charge on any atom is 2.00 e. The zero-order valence-corrected chi connectivity index (χ0v) is 10.6. The van der Waals surface area contributed by atoms with Crippen molar-refractivity contribution >= 4 is 91.6 Å². The molecule has 0 aromatic rings. The van der Waals surface area contributed by atoms with Crippen LogP contribution in [0.5, 0.6) is 0 Å². The number of rotatable bonds is 0. The molecule has 0 aromatic heterocycles. The van der Waals surface area contributed by atoms with Crippen LogP contribution in [0.3, 0.4) is 0 Å². The summed E-state index contributed by atoms with van der Waals surface area (Å²) in [6.07, 6.45) is 0. The first kappa shape index (κ1) is 29.8. The van der Waals surface area contributed by atoms with Gasteiger partial charge in [-0.25, -0.2) is 0 Å². The molecule has 0 fully saturated rings. The van der Waals surface area contributed by atoms with Crippen molar-refractivity contribution < 1.29 is 14.7 Å². The molecule has 0 atom stereocenters. The summed E-state index contributed by atoms with van der Waals surface area (Å²) in [5, 5.41) is 0. The van der Waals surface area contributed by atoms with Crippen molar-refractivity contribution in [1.29, 1.82) is 0 Å². The minimum Gasteiger partial charge on any atom is -0.325 e. The third-order valence-corrected chi connectivity index (χ3v) is 0. The van der Waals surface area contributed by atoms with Crippen LogP contribution < -0.4 is 0 Å². The van der Waals surface area contributed by atoms with Crippen LogP contribution in [0.2, 0.25) is 0 Å². The molecular weight excluding hydrogens is 224 g/mol. The van der Waals surface area contributed by atoms with Gasteiger partial charge in [-0.05, 0) is 11.8 Å². The first-order valence-corrected chi connectivity index (χ1v) is 3.44. The van der Waals surface area contributed by atoms with Crippen molar-refractivity contribution in [3.8, 4) is 0 Å². The summed E-state index contributed by atoms with van der Waals surface area (Å²) < 4.78 is 0. The van der Waals surface area contributed by atoms with E-state index in [9.17, 15) is 0 Å². The van der Waals surface area contributed by atoms with Crippen LogP contribution in [0.15, 0.2) is 0 Å². The SMILES string of the molecule is OP(O)(O)=S.[Mg+2].[Mg+2].[S+2].[S+2]. The summed E-state index contributed by atoms with van der Waals surface area (Å²) in [5.41, 5.74) is 0. The first-order chi connectivity index (χ1) is 2.00. The molecule has 0 spiro atoms. The van der Waals surface area contributed by atoms with Crippen LogP contribution in [-0.4, -0.2) is 60.8 Å². The maximum absolute atomic E-state index is 7.56. The Morgan fingerprint density at radius 3 is 0.889 bits per heavy atom. The predicted molar refractivity (Wildman–Crippen MR) is 47.2 cm³/mol. The van der Waals surface area contributed by atoms with E-state index in [1.807, 2.05) is 0 Å². The van der Waals surface area contributed by atoms with E-state index in [0.29, 0.717) is 0 Å². The van der Waals surface area contributed by atoms with E-state index in [4.69, 9.17) is 14.7 Å². The molecule has 0 saturated carbocycles. The van der Waals surface area contributed by atoms with Crippen LogP contribution in [0, 0.1) is 0 Å². The second kappa shape index (κ2) is 13.4. The Kier molecular flexibility index (Phi) is 44.2. The van der Waals surface area contributed by atoms with Crippen molar-refractivity contribution in [2.45, 2.75) is 0 Å². The molecule has 3 nitrogen and oxygen atoms in total. The molecule has 8 radical (unpaired) electrons. The van der Waals surface area contributed by atoms with Gasteiger partial charge in [-0.1, -0.05) is 0 Å².